The van der Waals surface area contributed by atoms with Crippen molar-refractivity contribution in [2.24, 2.45) is 5.92 Å². The fourth-order valence-electron chi connectivity index (χ4n) is 7.19. The zero-order valence-electron chi connectivity index (χ0n) is 30.7. The van der Waals surface area contributed by atoms with Crippen LogP contribution in [0.15, 0.2) is 66.7 Å². The van der Waals surface area contributed by atoms with E-state index in [1.807, 2.05) is 38.1 Å². The zero-order chi connectivity index (χ0) is 37.2. The number of aryl methyl sites for hydroxylation is 1. The van der Waals surface area contributed by atoms with E-state index in [9.17, 15) is 9.90 Å². The Kier molecular flexibility index (Phi) is 13.0. The number of nitrogens with zero attached hydrogens (tertiary/aromatic N) is 4. The van der Waals surface area contributed by atoms with E-state index in [1.54, 1.807) is 12.1 Å². The lowest BCUT2D eigenvalue weighted by atomic mass is 9.85. The smallest absolute Gasteiger partial charge is 0.407 e. The quantitative estimate of drug-likeness (QED) is 0.110. The van der Waals surface area contributed by atoms with Gasteiger partial charge in [-0.25, -0.2) is 13.6 Å². The number of hydrogen-bond donors (Lipinski definition) is 2. The maximum absolute atomic E-state index is 15.8. The predicted molar refractivity (Wildman–Crippen MR) is 202 cm³/mol. The topological polar surface area (TPSA) is 109 Å². The van der Waals surface area contributed by atoms with Crippen molar-refractivity contribution < 1.29 is 32.9 Å². The minimum atomic E-state index is -3.09. The van der Waals surface area contributed by atoms with Crippen molar-refractivity contribution in [2.45, 2.75) is 70.9 Å². The second kappa shape index (κ2) is 18.0. The van der Waals surface area contributed by atoms with Crippen LogP contribution < -0.4 is 15.0 Å². The summed E-state index contributed by atoms with van der Waals surface area (Å²) in [7, 11) is 0. The van der Waals surface area contributed by atoms with E-state index < -0.39 is 17.9 Å². The third-order valence-corrected chi connectivity index (χ3v) is 10.3. The molecule has 2 saturated heterocycles. The zero-order valence-corrected chi connectivity index (χ0v) is 30.7. The number of halogens is 2. The molecule has 53 heavy (non-hydrogen) atoms. The Balaban J connectivity index is 1.14. The molecule has 12 heteroatoms. The van der Waals surface area contributed by atoms with E-state index in [0.29, 0.717) is 37.8 Å². The van der Waals surface area contributed by atoms with Crippen molar-refractivity contribution in [2.75, 3.05) is 62.8 Å². The molecule has 0 saturated carbocycles. The molecule has 4 aromatic rings. The highest BCUT2D eigenvalue weighted by atomic mass is 19.3. The highest BCUT2D eigenvalue weighted by Crippen LogP contribution is 2.43. The predicted octanol–water partition coefficient (Wildman–Crippen LogP) is 8.59. The summed E-state index contributed by atoms with van der Waals surface area (Å²) >= 11 is 0. The van der Waals surface area contributed by atoms with Gasteiger partial charge in [0.15, 0.2) is 5.82 Å². The van der Waals surface area contributed by atoms with E-state index in [2.05, 4.69) is 44.7 Å². The van der Waals surface area contributed by atoms with E-state index in [4.69, 9.17) is 14.2 Å². The van der Waals surface area contributed by atoms with Gasteiger partial charge in [-0.2, -0.15) is 5.10 Å². The molecular formula is C41H51F2N5O5. The molecule has 1 aromatic heterocycles. The number of carbonyl (C=O) groups is 1. The fraction of sp³-hybridized carbons (Fsp3) is 0.488. The van der Waals surface area contributed by atoms with E-state index in [0.717, 1.165) is 73.3 Å². The summed E-state index contributed by atoms with van der Waals surface area (Å²) in [5, 5.41) is 23.5. The van der Waals surface area contributed by atoms with Crippen molar-refractivity contribution >= 4 is 28.4 Å². The van der Waals surface area contributed by atoms with Gasteiger partial charge in [0.1, 0.15) is 5.75 Å². The SMILES string of the molecule is Cc1nnc(NC(C)c2cccc(C(F)(F)C3CCN(C(=O)O)CC3)c2)c2cc(N3CCOCC3)cc(OCCCCCCOCc3ccccc3)c12. The molecule has 2 aliphatic rings. The average Bonchev–Trinajstić information content (AvgIpc) is 3.19. The van der Waals surface area contributed by atoms with Gasteiger partial charge in [-0.1, -0.05) is 55.0 Å². The van der Waals surface area contributed by atoms with Crippen LogP contribution in [0.5, 0.6) is 5.75 Å². The van der Waals surface area contributed by atoms with Crippen molar-refractivity contribution in [1.82, 2.24) is 15.1 Å². The van der Waals surface area contributed by atoms with Gasteiger partial charge < -0.3 is 34.4 Å². The molecule has 1 amide bonds. The van der Waals surface area contributed by atoms with Crippen LogP contribution in [0.25, 0.3) is 10.8 Å². The maximum Gasteiger partial charge on any atom is 0.407 e. The molecular weight excluding hydrogens is 680 g/mol. The molecule has 1 atom stereocenters. The molecule has 0 aliphatic carbocycles. The average molecular weight is 732 g/mol. The number of anilines is 2. The molecule has 0 spiro atoms. The van der Waals surface area contributed by atoms with Crippen molar-refractivity contribution in [3.8, 4) is 5.75 Å². The number of unbranched alkanes of at least 4 members (excludes halogenated alkanes) is 3. The van der Waals surface area contributed by atoms with Crippen LogP contribution in [-0.2, 0) is 22.0 Å². The number of morpholine rings is 1. The first-order valence-electron chi connectivity index (χ1n) is 18.8. The molecule has 2 aliphatic heterocycles. The number of rotatable bonds is 16. The van der Waals surface area contributed by atoms with E-state index in [1.165, 1.54) is 16.5 Å². The highest BCUT2D eigenvalue weighted by molar-refractivity contribution is 5.99. The number of benzene rings is 3. The van der Waals surface area contributed by atoms with Crippen LogP contribution in [0.3, 0.4) is 0 Å². The molecule has 2 fully saturated rings. The number of ether oxygens (including phenoxy) is 3. The number of amides is 1. The fourth-order valence-corrected chi connectivity index (χ4v) is 7.19. The first-order valence-corrected chi connectivity index (χ1v) is 18.8. The lowest BCUT2D eigenvalue weighted by Crippen LogP contribution is -2.41. The Hall–Kier alpha value is -4.55. The summed E-state index contributed by atoms with van der Waals surface area (Å²) in [4.78, 5) is 14.8. The number of nitrogens with one attached hydrogen (secondary N) is 1. The standard InChI is InChI=1S/C41H51F2N5O5/c1-29(32-13-10-14-34(25-32)41(42,43)33-15-17-48(18-16-33)40(49)50)44-39-36-26-35(47-19-23-51-24-20-47)27-37(38(36)30(2)45-46-39)53-22-9-4-3-8-21-52-28-31-11-6-5-7-12-31/h5-7,10-14,25-27,29,33H,3-4,8-9,15-24,28H2,1-2H3,(H,44,46)(H,49,50). The van der Waals surface area contributed by atoms with Gasteiger partial charge in [0.05, 0.1) is 43.5 Å². The van der Waals surface area contributed by atoms with Gasteiger partial charge in [-0.05, 0) is 69.2 Å². The Morgan fingerprint density at radius 2 is 1.70 bits per heavy atom. The van der Waals surface area contributed by atoms with Crippen LogP contribution in [0.1, 0.15) is 73.9 Å². The summed E-state index contributed by atoms with van der Waals surface area (Å²) < 4.78 is 49.5. The van der Waals surface area contributed by atoms with Gasteiger partial charge in [0, 0.05) is 61.4 Å². The Labute approximate surface area is 310 Å². The van der Waals surface area contributed by atoms with E-state index in [-0.39, 0.29) is 37.5 Å². The maximum atomic E-state index is 15.8. The molecule has 3 heterocycles. The Bertz CT molecular complexity index is 1800. The highest BCUT2D eigenvalue weighted by Gasteiger charge is 2.43. The normalized spacial score (nSPS) is 16.2. The summed E-state index contributed by atoms with van der Waals surface area (Å²) in [6.45, 7) is 8.76. The van der Waals surface area contributed by atoms with Gasteiger partial charge in [0.25, 0.3) is 5.92 Å². The van der Waals surface area contributed by atoms with Crippen LogP contribution in [-0.4, -0.2) is 78.9 Å². The number of fused-ring (bicyclic) bond motifs is 1. The van der Waals surface area contributed by atoms with Crippen LogP contribution in [0.4, 0.5) is 25.1 Å². The summed E-state index contributed by atoms with van der Waals surface area (Å²) in [5.74, 6) is -2.73. The Morgan fingerprint density at radius 3 is 2.43 bits per heavy atom. The number of hydrogen-bond acceptors (Lipinski definition) is 8. The largest absolute Gasteiger partial charge is 0.493 e. The van der Waals surface area contributed by atoms with Crippen LogP contribution >= 0.6 is 0 Å². The molecule has 0 bridgehead atoms. The molecule has 2 N–H and O–H groups in total. The third-order valence-electron chi connectivity index (χ3n) is 10.3. The molecule has 6 rings (SSSR count). The molecule has 10 nitrogen and oxygen atoms in total. The van der Waals surface area contributed by atoms with Gasteiger partial charge in [-0.3, -0.25) is 0 Å². The minimum Gasteiger partial charge on any atom is -0.493 e. The first-order chi connectivity index (χ1) is 25.7. The number of aromatic nitrogens is 2. The summed E-state index contributed by atoms with van der Waals surface area (Å²) in [6.07, 6.45) is 3.14. The van der Waals surface area contributed by atoms with Gasteiger partial charge in [-0.15, -0.1) is 5.10 Å². The number of likely N-dealkylation sites (tertiary alicyclic amines) is 1. The summed E-state index contributed by atoms with van der Waals surface area (Å²) in [6, 6.07) is 20.5. The van der Waals surface area contributed by atoms with Gasteiger partial charge >= 0.3 is 6.09 Å². The molecule has 1 unspecified atom stereocenters. The van der Waals surface area contributed by atoms with Gasteiger partial charge in [0.2, 0.25) is 0 Å². The number of piperidine rings is 1. The third kappa shape index (κ3) is 9.71. The molecule has 3 aromatic carbocycles. The molecule has 0 radical (unpaired) electrons. The number of alkyl halides is 2. The second-order valence-corrected chi connectivity index (χ2v) is 14.1. The lowest BCUT2D eigenvalue weighted by molar-refractivity contribution is -0.0836. The number of carboxylic acid groups (broad SMARTS) is 1. The van der Waals surface area contributed by atoms with E-state index >= 15 is 8.78 Å². The second-order valence-electron chi connectivity index (χ2n) is 14.1. The van der Waals surface area contributed by atoms with Crippen LogP contribution in [0.2, 0.25) is 0 Å². The minimum absolute atomic E-state index is 0.0673. The lowest BCUT2D eigenvalue weighted by Gasteiger charge is -2.35. The summed E-state index contributed by atoms with van der Waals surface area (Å²) in [5.41, 5.74) is 3.55. The van der Waals surface area contributed by atoms with Crippen LogP contribution in [0, 0.1) is 12.8 Å². The van der Waals surface area contributed by atoms with Crippen molar-refractivity contribution in [3.05, 3.63) is 89.1 Å². The van der Waals surface area contributed by atoms with Crippen molar-refractivity contribution in [3.63, 3.8) is 0 Å². The molecule has 284 valence electrons. The first kappa shape index (κ1) is 38.2. The monoisotopic (exact) mass is 731 g/mol. The Morgan fingerprint density at radius 1 is 0.962 bits per heavy atom. The van der Waals surface area contributed by atoms with Crippen molar-refractivity contribution in [1.29, 1.82) is 0 Å².